The highest BCUT2D eigenvalue weighted by Crippen LogP contribution is 2.35. The molecular formula is C8H15FO. The molecule has 1 aliphatic heterocycles. The van der Waals surface area contributed by atoms with E-state index in [-0.39, 0.29) is 5.92 Å². The second kappa shape index (κ2) is 2.87. The summed E-state index contributed by atoms with van der Waals surface area (Å²) in [6.45, 7) is 4.50. The molecule has 2 heteroatoms. The van der Waals surface area contributed by atoms with E-state index in [1.165, 1.54) is 0 Å². The lowest BCUT2D eigenvalue weighted by molar-refractivity contribution is -0.143. The van der Waals surface area contributed by atoms with Crippen LogP contribution in [0.15, 0.2) is 0 Å². The summed E-state index contributed by atoms with van der Waals surface area (Å²) in [5.41, 5.74) is 0. The Kier molecular flexibility index (Phi) is 2.29. The quantitative estimate of drug-likeness (QED) is 0.581. The average molecular weight is 146 g/mol. The third-order valence-corrected chi connectivity index (χ3v) is 2.35. The van der Waals surface area contributed by atoms with Crippen LogP contribution in [0.1, 0.15) is 33.1 Å². The molecule has 2 atom stereocenters. The molecule has 0 bridgehead atoms. The van der Waals surface area contributed by atoms with Crippen molar-refractivity contribution in [2.45, 2.75) is 39.0 Å². The van der Waals surface area contributed by atoms with Gasteiger partial charge < -0.3 is 4.74 Å². The smallest absolute Gasteiger partial charge is 0.211 e. The minimum atomic E-state index is -1.30. The van der Waals surface area contributed by atoms with Crippen molar-refractivity contribution in [2.75, 3.05) is 6.61 Å². The van der Waals surface area contributed by atoms with Gasteiger partial charge in [0.15, 0.2) is 0 Å². The van der Waals surface area contributed by atoms with E-state index in [2.05, 4.69) is 0 Å². The van der Waals surface area contributed by atoms with Crippen LogP contribution in [0.4, 0.5) is 4.39 Å². The van der Waals surface area contributed by atoms with Gasteiger partial charge in [-0.3, -0.25) is 0 Å². The van der Waals surface area contributed by atoms with Crippen LogP contribution in [0.25, 0.3) is 0 Å². The Balaban J connectivity index is 2.49. The maximum absolute atomic E-state index is 13.5. The Hall–Kier alpha value is -0.110. The van der Waals surface area contributed by atoms with Gasteiger partial charge >= 0.3 is 0 Å². The number of ether oxygens (including phenoxy) is 1. The zero-order valence-electron chi connectivity index (χ0n) is 6.69. The third kappa shape index (κ3) is 1.31. The third-order valence-electron chi connectivity index (χ3n) is 2.35. The highest BCUT2D eigenvalue weighted by atomic mass is 19.2. The maximum Gasteiger partial charge on any atom is 0.211 e. The molecule has 0 radical (unpaired) electrons. The molecule has 1 heterocycles. The first-order valence-electron chi connectivity index (χ1n) is 4.02. The van der Waals surface area contributed by atoms with Crippen molar-refractivity contribution < 1.29 is 9.13 Å². The molecule has 1 rings (SSSR count). The van der Waals surface area contributed by atoms with Crippen molar-refractivity contribution in [2.24, 2.45) is 5.92 Å². The van der Waals surface area contributed by atoms with Crippen molar-refractivity contribution in [3.05, 3.63) is 0 Å². The van der Waals surface area contributed by atoms with Gasteiger partial charge in [-0.05, 0) is 12.8 Å². The molecule has 2 unspecified atom stereocenters. The average Bonchev–Trinajstić information content (AvgIpc) is 2.36. The first-order valence-corrected chi connectivity index (χ1v) is 4.02. The summed E-state index contributed by atoms with van der Waals surface area (Å²) >= 11 is 0. The predicted molar refractivity (Wildman–Crippen MR) is 38.5 cm³/mol. The Morgan fingerprint density at radius 1 is 1.70 bits per heavy atom. The molecule has 0 spiro atoms. The second-order valence-electron chi connectivity index (χ2n) is 3.05. The van der Waals surface area contributed by atoms with E-state index in [0.29, 0.717) is 13.0 Å². The molecule has 10 heavy (non-hydrogen) atoms. The molecule has 0 saturated carbocycles. The molecule has 0 aliphatic carbocycles. The first kappa shape index (κ1) is 7.99. The minimum absolute atomic E-state index is 0.0509. The van der Waals surface area contributed by atoms with Crippen LogP contribution in [0, 0.1) is 5.92 Å². The molecule has 0 aromatic rings. The monoisotopic (exact) mass is 146 g/mol. The van der Waals surface area contributed by atoms with Crippen molar-refractivity contribution in [1.29, 1.82) is 0 Å². The van der Waals surface area contributed by atoms with Gasteiger partial charge in [-0.1, -0.05) is 13.8 Å². The zero-order chi connectivity index (χ0) is 7.61. The molecule has 1 fully saturated rings. The van der Waals surface area contributed by atoms with Gasteiger partial charge in [0.2, 0.25) is 5.85 Å². The Morgan fingerprint density at radius 3 is 2.80 bits per heavy atom. The molecule has 0 N–H and O–H groups in total. The van der Waals surface area contributed by atoms with Gasteiger partial charge in [-0.15, -0.1) is 0 Å². The fourth-order valence-electron chi connectivity index (χ4n) is 1.32. The first-order chi connectivity index (χ1) is 4.69. The molecule has 0 aromatic carbocycles. The molecule has 0 amide bonds. The van der Waals surface area contributed by atoms with Crippen LogP contribution in [0.3, 0.4) is 0 Å². The number of hydrogen-bond acceptors (Lipinski definition) is 1. The van der Waals surface area contributed by atoms with Gasteiger partial charge in [0, 0.05) is 12.3 Å². The predicted octanol–water partition coefficient (Wildman–Crippen LogP) is 2.51. The van der Waals surface area contributed by atoms with E-state index in [1.807, 2.05) is 13.8 Å². The minimum Gasteiger partial charge on any atom is -0.346 e. The molecule has 0 aromatic heterocycles. The van der Waals surface area contributed by atoms with Gasteiger partial charge in [0.25, 0.3) is 0 Å². The van der Waals surface area contributed by atoms with E-state index in [1.54, 1.807) is 0 Å². The van der Waals surface area contributed by atoms with Crippen molar-refractivity contribution in [1.82, 2.24) is 0 Å². The normalized spacial score (nSPS) is 36.3. The van der Waals surface area contributed by atoms with Crippen LogP contribution in [-0.4, -0.2) is 12.5 Å². The van der Waals surface area contributed by atoms with E-state index in [9.17, 15) is 4.39 Å². The Bertz CT molecular complexity index is 108. The van der Waals surface area contributed by atoms with Gasteiger partial charge in [-0.25, -0.2) is 4.39 Å². The van der Waals surface area contributed by atoms with Crippen molar-refractivity contribution in [3.63, 3.8) is 0 Å². The van der Waals surface area contributed by atoms with Gasteiger partial charge in [0.05, 0.1) is 6.61 Å². The van der Waals surface area contributed by atoms with E-state index in [0.717, 1.165) is 12.8 Å². The number of halogens is 1. The molecule has 1 saturated heterocycles. The van der Waals surface area contributed by atoms with Crippen LogP contribution in [-0.2, 0) is 4.74 Å². The van der Waals surface area contributed by atoms with Gasteiger partial charge in [0.1, 0.15) is 0 Å². The van der Waals surface area contributed by atoms with Crippen molar-refractivity contribution in [3.8, 4) is 0 Å². The van der Waals surface area contributed by atoms with Crippen LogP contribution in [0.2, 0.25) is 0 Å². The lowest BCUT2D eigenvalue weighted by atomic mass is 9.97. The largest absolute Gasteiger partial charge is 0.346 e. The fraction of sp³-hybridized carbons (Fsp3) is 1.00. The molecule has 1 aliphatic rings. The lowest BCUT2D eigenvalue weighted by Crippen LogP contribution is -2.29. The fourth-order valence-corrected chi connectivity index (χ4v) is 1.32. The van der Waals surface area contributed by atoms with E-state index >= 15 is 0 Å². The Labute approximate surface area is 61.6 Å². The maximum atomic E-state index is 13.5. The zero-order valence-corrected chi connectivity index (χ0v) is 6.69. The lowest BCUT2D eigenvalue weighted by Gasteiger charge is -2.24. The van der Waals surface area contributed by atoms with Crippen LogP contribution < -0.4 is 0 Å². The second-order valence-corrected chi connectivity index (χ2v) is 3.05. The van der Waals surface area contributed by atoms with Crippen LogP contribution in [0.5, 0.6) is 0 Å². The molecular weight excluding hydrogens is 131 g/mol. The van der Waals surface area contributed by atoms with Gasteiger partial charge in [-0.2, -0.15) is 0 Å². The SMILES string of the molecule is CCC(C)C1(F)CCCO1. The summed E-state index contributed by atoms with van der Waals surface area (Å²) < 4.78 is 18.5. The summed E-state index contributed by atoms with van der Waals surface area (Å²) in [5.74, 6) is -1.25. The highest BCUT2D eigenvalue weighted by molar-refractivity contribution is 4.78. The standard InChI is InChI=1S/C8H15FO/c1-3-7(2)8(9)5-4-6-10-8/h7H,3-6H2,1-2H3. The summed E-state index contributed by atoms with van der Waals surface area (Å²) in [6, 6.07) is 0. The van der Waals surface area contributed by atoms with E-state index < -0.39 is 5.85 Å². The summed E-state index contributed by atoms with van der Waals surface area (Å²) in [6.07, 6.45) is 2.32. The van der Waals surface area contributed by atoms with Crippen molar-refractivity contribution >= 4 is 0 Å². The molecule has 60 valence electrons. The molecule has 1 nitrogen and oxygen atoms in total. The Morgan fingerprint density at radius 2 is 2.40 bits per heavy atom. The summed E-state index contributed by atoms with van der Waals surface area (Å²) in [4.78, 5) is 0. The summed E-state index contributed by atoms with van der Waals surface area (Å²) in [7, 11) is 0. The summed E-state index contributed by atoms with van der Waals surface area (Å²) in [5, 5.41) is 0. The number of hydrogen-bond donors (Lipinski definition) is 0. The van der Waals surface area contributed by atoms with E-state index in [4.69, 9.17) is 4.74 Å². The van der Waals surface area contributed by atoms with Crippen LogP contribution >= 0.6 is 0 Å². The highest BCUT2D eigenvalue weighted by Gasteiger charge is 2.39. The topological polar surface area (TPSA) is 9.23 Å². The number of rotatable bonds is 2. The number of alkyl halides is 1.